The molecule has 0 heterocycles. The minimum atomic E-state index is -0.218. The second-order valence-electron chi connectivity index (χ2n) is 14.6. The first-order chi connectivity index (χ1) is 16.2. The lowest BCUT2D eigenvalue weighted by Gasteiger charge is -2.60. The molecule has 0 saturated heterocycles. The molecule has 0 radical (unpaired) electrons. The van der Waals surface area contributed by atoms with Gasteiger partial charge in [0.25, 0.3) is 0 Å². The Morgan fingerprint density at radius 1 is 0.647 bits per heavy atom. The van der Waals surface area contributed by atoms with Crippen molar-refractivity contribution in [3.63, 3.8) is 0 Å². The van der Waals surface area contributed by atoms with Crippen molar-refractivity contribution in [3.8, 4) is 0 Å². The second kappa shape index (κ2) is 6.89. The van der Waals surface area contributed by atoms with Crippen LogP contribution in [-0.2, 0) is 9.59 Å². The van der Waals surface area contributed by atoms with E-state index < -0.39 is 0 Å². The predicted octanol–water partition coefficient (Wildman–Crippen LogP) is 6.78. The number of carbonyl (C=O) groups is 2. The van der Waals surface area contributed by atoms with Gasteiger partial charge in [-0.3, -0.25) is 9.59 Å². The molecule has 0 aliphatic heterocycles. The van der Waals surface area contributed by atoms with Crippen LogP contribution < -0.4 is 10.6 Å². The van der Waals surface area contributed by atoms with Crippen molar-refractivity contribution in [3.05, 3.63) is 24.3 Å². The molecule has 1 aromatic carbocycles. The van der Waals surface area contributed by atoms with Crippen LogP contribution >= 0.6 is 0 Å². The first-order valence-corrected chi connectivity index (χ1v) is 13.9. The highest BCUT2D eigenvalue weighted by Gasteiger charge is 2.60. The molecule has 0 spiro atoms. The van der Waals surface area contributed by atoms with Crippen molar-refractivity contribution in [2.45, 2.75) is 90.9 Å². The molecule has 8 aliphatic rings. The summed E-state index contributed by atoms with van der Waals surface area (Å²) < 4.78 is 0. The number of hydrogen-bond acceptors (Lipinski definition) is 2. The van der Waals surface area contributed by atoms with E-state index in [4.69, 9.17) is 0 Å². The molecule has 4 heteroatoms. The quantitative estimate of drug-likeness (QED) is 0.520. The number of anilines is 2. The maximum atomic E-state index is 13.8. The zero-order valence-electron chi connectivity index (χ0n) is 20.9. The predicted molar refractivity (Wildman–Crippen MR) is 134 cm³/mol. The number of nitrogens with one attached hydrogen (secondary N) is 2. The van der Waals surface area contributed by atoms with E-state index in [1.807, 2.05) is 24.3 Å². The summed E-state index contributed by atoms with van der Waals surface area (Å²) >= 11 is 0. The van der Waals surface area contributed by atoms with E-state index in [-0.39, 0.29) is 22.6 Å². The Morgan fingerprint density at radius 2 is 1.00 bits per heavy atom. The highest BCUT2D eigenvalue weighted by molar-refractivity contribution is 6.03. The van der Waals surface area contributed by atoms with Crippen molar-refractivity contribution in [2.24, 2.45) is 45.3 Å². The van der Waals surface area contributed by atoms with Crippen LogP contribution in [0.15, 0.2) is 24.3 Å². The third kappa shape index (κ3) is 3.23. The van der Waals surface area contributed by atoms with Crippen LogP contribution in [0.2, 0.25) is 0 Å². The molecular formula is C30H40N2O2. The molecule has 2 amide bonds. The summed E-state index contributed by atoms with van der Waals surface area (Å²) in [4.78, 5) is 27.6. The van der Waals surface area contributed by atoms with Crippen molar-refractivity contribution in [2.75, 3.05) is 10.6 Å². The maximum Gasteiger partial charge on any atom is 0.230 e. The molecule has 8 fully saturated rings. The standard InChI is InChI=1S/C30H40N2O2/c1-27-9-19-7-20(10-27)14-29(13-19,17-27)25(33)31-23-5-3-4-6-24(23)32-26(34)30-15-21-8-22(16-30)12-28(2,11-21)18-30/h3-6,19-22H,7-18H2,1-2H3,(H,31,33)(H,32,34). The van der Waals surface area contributed by atoms with Gasteiger partial charge in [-0.15, -0.1) is 0 Å². The lowest BCUT2D eigenvalue weighted by molar-refractivity contribution is -0.150. The lowest BCUT2D eigenvalue weighted by atomic mass is 9.44. The van der Waals surface area contributed by atoms with Gasteiger partial charge >= 0.3 is 0 Å². The minimum absolute atomic E-state index is 0.192. The van der Waals surface area contributed by atoms with Gasteiger partial charge in [0.15, 0.2) is 0 Å². The highest BCUT2D eigenvalue weighted by Crippen LogP contribution is 2.66. The SMILES string of the molecule is CC12CC3CC(C1)CC(C(=O)Nc1ccccc1NC(=O)C14CC5CC(CC(C)(C5)C1)C4)(C3)C2. The van der Waals surface area contributed by atoms with E-state index in [1.54, 1.807) is 0 Å². The number of amides is 2. The summed E-state index contributed by atoms with van der Waals surface area (Å²) in [5, 5.41) is 6.64. The normalized spacial score (nSPS) is 47.6. The topological polar surface area (TPSA) is 58.2 Å². The number of rotatable bonds is 4. The molecule has 8 bridgehead atoms. The van der Waals surface area contributed by atoms with Crippen molar-refractivity contribution in [1.29, 1.82) is 0 Å². The number of para-hydroxylation sites is 2. The average molecular weight is 461 g/mol. The Morgan fingerprint density at radius 3 is 1.32 bits per heavy atom. The number of carbonyl (C=O) groups excluding carboxylic acids is 2. The van der Waals surface area contributed by atoms with Gasteiger partial charge in [-0.2, -0.15) is 0 Å². The van der Waals surface area contributed by atoms with Crippen LogP contribution in [-0.4, -0.2) is 11.8 Å². The Kier molecular flexibility index (Phi) is 4.34. The van der Waals surface area contributed by atoms with Gasteiger partial charge in [-0.25, -0.2) is 0 Å². The molecule has 1 aromatic rings. The third-order valence-electron chi connectivity index (χ3n) is 11.1. The summed E-state index contributed by atoms with van der Waals surface area (Å²) in [7, 11) is 0. The lowest BCUT2D eigenvalue weighted by Crippen LogP contribution is -2.55. The molecule has 8 aliphatic carbocycles. The Bertz CT molecular complexity index is 949. The van der Waals surface area contributed by atoms with Crippen LogP contribution in [0, 0.1) is 45.3 Å². The third-order valence-corrected chi connectivity index (χ3v) is 11.1. The summed E-state index contributed by atoms with van der Waals surface area (Å²) in [6.45, 7) is 4.82. The zero-order chi connectivity index (χ0) is 23.3. The molecule has 9 rings (SSSR count). The summed E-state index contributed by atoms with van der Waals surface area (Å²) in [6, 6.07) is 7.88. The van der Waals surface area contributed by atoms with Gasteiger partial charge in [0.2, 0.25) is 11.8 Å². The minimum Gasteiger partial charge on any atom is -0.324 e. The van der Waals surface area contributed by atoms with E-state index in [1.165, 1.54) is 38.5 Å². The van der Waals surface area contributed by atoms with Crippen LogP contribution in [0.3, 0.4) is 0 Å². The Hall–Kier alpha value is -1.84. The van der Waals surface area contributed by atoms with Crippen LogP contribution in [0.25, 0.3) is 0 Å². The van der Waals surface area contributed by atoms with E-state index >= 15 is 0 Å². The molecule has 0 aromatic heterocycles. The first kappa shape index (κ1) is 21.4. The molecule has 8 saturated carbocycles. The molecule has 4 atom stereocenters. The molecule has 2 N–H and O–H groups in total. The molecule has 4 nitrogen and oxygen atoms in total. The van der Waals surface area contributed by atoms with E-state index in [0.717, 1.165) is 49.9 Å². The maximum absolute atomic E-state index is 13.8. The van der Waals surface area contributed by atoms with Crippen molar-refractivity contribution >= 4 is 23.2 Å². The Balaban J connectivity index is 1.12. The summed E-state index contributed by atoms with van der Waals surface area (Å²) in [5.74, 6) is 3.23. The fourth-order valence-electron chi connectivity index (χ4n) is 11.2. The Labute approximate surface area is 204 Å². The summed E-state index contributed by atoms with van der Waals surface area (Å²) in [6.07, 6.45) is 14.1. The number of hydrogen-bond donors (Lipinski definition) is 2. The van der Waals surface area contributed by atoms with E-state index in [2.05, 4.69) is 24.5 Å². The summed E-state index contributed by atoms with van der Waals surface area (Å²) in [5.41, 5.74) is 1.79. The van der Waals surface area contributed by atoms with Gasteiger partial charge in [-0.1, -0.05) is 26.0 Å². The molecular weight excluding hydrogens is 420 g/mol. The number of benzene rings is 1. The van der Waals surface area contributed by atoms with Crippen molar-refractivity contribution < 1.29 is 9.59 Å². The highest BCUT2D eigenvalue weighted by atomic mass is 16.2. The van der Waals surface area contributed by atoms with Gasteiger partial charge in [-0.05, 0) is 124 Å². The van der Waals surface area contributed by atoms with Crippen molar-refractivity contribution in [1.82, 2.24) is 0 Å². The van der Waals surface area contributed by atoms with Gasteiger partial charge in [0.05, 0.1) is 22.2 Å². The van der Waals surface area contributed by atoms with Gasteiger partial charge in [0.1, 0.15) is 0 Å². The molecule has 182 valence electrons. The molecule has 34 heavy (non-hydrogen) atoms. The largest absolute Gasteiger partial charge is 0.324 e. The monoisotopic (exact) mass is 460 g/mol. The van der Waals surface area contributed by atoms with Crippen LogP contribution in [0.5, 0.6) is 0 Å². The van der Waals surface area contributed by atoms with E-state index in [9.17, 15) is 9.59 Å². The first-order valence-electron chi connectivity index (χ1n) is 13.9. The van der Waals surface area contributed by atoms with Gasteiger partial charge < -0.3 is 10.6 Å². The zero-order valence-corrected chi connectivity index (χ0v) is 20.9. The van der Waals surface area contributed by atoms with Crippen LogP contribution in [0.1, 0.15) is 90.9 Å². The van der Waals surface area contributed by atoms with Crippen LogP contribution in [0.4, 0.5) is 11.4 Å². The molecule has 4 unspecified atom stereocenters. The van der Waals surface area contributed by atoms with E-state index in [0.29, 0.717) is 34.5 Å². The average Bonchev–Trinajstić information content (AvgIpc) is 2.71. The van der Waals surface area contributed by atoms with Gasteiger partial charge in [0, 0.05) is 0 Å². The fourth-order valence-corrected chi connectivity index (χ4v) is 11.2. The smallest absolute Gasteiger partial charge is 0.230 e. The fraction of sp³-hybridized carbons (Fsp3) is 0.733. The second-order valence-corrected chi connectivity index (χ2v) is 14.6.